The number of anilines is 2. The van der Waals surface area contributed by atoms with Crippen molar-refractivity contribution in [2.24, 2.45) is 0 Å². The summed E-state index contributed by atoms with van der Waals surface area (Å²) in [4.78, 5) is 18.2. The second-order valence-corrected chi connectivity index (χ2v) is 16.0. The quantitative estimate of drug-likeness (QED) is 0.173. The summed E-state index contributed by atoms with van der Waals surface area (Å²) in [6.07, 6.45) is 7.53. The lowest BCUT2D eigenvalue weighted by atomic mass is 9.91. The molecule has 61 heavy (non-hydrogen) atoms. The zero-order valence-corrected chi connectivity index (χ0v) is 33.1. The molecule has 0 saturated heterocycles. The fraction of sp³-hybridized carbons (Fsp3) is 0.0556. The smallest absolute Gasteiger partial charge is 0.238 e. The van der Waals surface area contributed by atoms with Crippen LogP contribution in [-0.4, -0.2) is 19.5 Å². The molecule has 13 rings (SSSR count). The number of benzene rings is 7. The minimum Gasteiger partial charge on any atom is -0.456 e. The second kappa shape index (κ2) is 13.0. The number of hydrogen-bond acceptors (Lipinski definition) is 6. The fourth-order valence-electron chi connectivity index (χ4n) is 9.71. The Morgan fingerprint density at radius 1 is 0.557 bits per heavy atom. The SMILES string of the molecule is Cc1c(-c2ccc(-n3c4ccccc4c4ccc5c(c43)N(c3nc(-c4ccccc4)nc(-c4ccc6oc7ccccc7c6c4)n3)C3=CC=CCC35)cc2)oc2ccccc12. The van der Waals surface area contributed by atoms with Crippen LogP contribution in [0.15, 0.2) is 190 Å². The Bertz CT molecular complexity index is 3650. The van der Waals surface area contributed by atoms with Crippen LogP contribution < -0.4 is 4.90 Å². The van der Waals surface area contributed by atoms with E-state index in [0.717, 1.165) is 95.4 Å². The van der Waals surface area contributed by atoms with E-state index in [9.17, 15) is 0 Å². The Morgan fingerprint density at radius 2 is 1.25 bits per heavy atom. The van der Waals surface area contributed by atoms with Crippen molar-refractivity contribution in [3.05, 3.63) is 193 Å². The molecule has 0 radical (unpaired) electrons. The Kier molecular flexibility index (Phi) is 7.21. The zero-order chi connectivity index (χ0) is 40.2. The van der Waals surface area contributed by atoms with Gasteiger partial charge in [-0.1, -0.05) is 109 Å². The number of rotatable bonds is 5. The molecule has 0 saturated carbocycles. The van der Waals surface area contributed by atoms with Gasteiger partial charge in [-0.15, -0.1) is 0 Å². The Hall–Kier alpha value is -8.03. The van der Waals surface area contributed by atoms with Crippen LogP contribution in [0.3, 0.4) is 0 Å². The number of para-hydroxylation sites is 3. The summed E-state index contributed by atoms with van der Waals surface area (Å²) in [6.45, 7) is 2.14. The molecule has 0 amide bonds. The van der Waals surface area contributed by atoms with Crippen LogP contribution in [0.5, 0.6) is 0 Å². The lowest BCUT2D eigenvalue weighted by molar-refractivity contribution is 0.629. The highest BCUT2D eigenvalue weighted by Crippen LogP contribution is 2.54. The molecule has 0 bridgehead atoms. The van der Waals surface area contributed by atoms with E-state index in [1.54, 1.807) is 0 Å². The molecule has 1 unspecified atom stereocenters. The molecule has 0 spiro atoms. The number of fused-ring (bicyclic) bond motifs is 11. The topological polar surface area (TPSA) is 73.1 Å². The number of aromatic nitrogens is 4. The van der Waals surface area contributed by atoms with Gasteiger partial charge in [0.05, 0.1) is 16.7 Å². The lowest BCUT2D eigenvalue weighted by Crippen LogP contribution is -2.19. The van der Waals surface area contributed by atoms with Crippen molar-refractivity contribution in [3.63, 3.8) is 0 Å². The van der Waals surface area contributed by atoms with E-state index in [1.165, 1.54) is 16.3 Å². The molecule has 11 aromatic rings. The van der Waals surface area contributed by atoms with Crippen molar-refractivity contribution in [3.8, 4) is 39.8 Å². The van der Waals surface area contributed by atoms with Gasteiger partial charge in [0.15, 0.2) is 11.6 Å². The van der Waals surface area contributed by atoms with Crippen molar-refractivity contribution in [1.29, 1.82) is 0 Å². The molecule has 288 valence electrons. The number of nitrogens with zero attached hydrogens (tertiary/aromatic N) is 5. The maximum Gasteiger partial charge on any atom is 0.238 e. The molecule has 1 aliphatic heterocycles. The summed E-state index contributed by atoms with van der Waals surface area (Å²) in [7, 11) is 0. The number of furan rings is 2. The lowest BCUT2D eigenvalue weighted by Gasteiger charge is -2.24. The molecule has 5 heterocycles. The molecule has 7 nitrogen and oxygen atoms in total. The molecule has 1 aliphatic carbocycles. The minimum atomic E-state index is 0.128. The normalized spacial score (nSPS) is 14.7. The van der Waals surface area contributed by atoms with Crippen molar-refractivity contribution < 1.29 is 8.83 Å². The van der Waals surface area contributed by atoms with E-state index in [0.29, 0.717) is 17.6 Å². The molecule has 0 N–H and O–H groups in total. The highest BCUT2D eigenvalue weighted by molar-refractivity contribution is 6.15. The van der Waals surface area contributed by atoms with Gasteiger partial charge < -0.3 is 13.4 Å². The first-order chi connectivity index (χ1) is 30.2. The monoisotopic (exact) mass is 785 g/mol. The molecule has 1 atom stereocenters. The summed E-state index contributed by atoms with van der Waals surface area (Å²) in [5.41, 5.74) is 13.3. The van der Waals surface area contributed by atoms with Gasteiger partial charge in [-0.25, -0.2) is 4.98 Å². The third-order valence-corrected chi connectivity index (χ3v) is 12.6. The van der Waals surface area contributed by atoms with Gasteiger partial charge in [-0.3, -0.25) is 4.90 Å². The molecular formula is C54H35N5O2. The predicted octanol–water partition coefficient (Wildman–Crippen LogP) is 14.0. The third-order valence-electron chi connectivity index (χ3n) is 12.6. The summed E-state index contributed by atoms with van der Waals surface area (Å²) >= 11 is 0. The van der Waals surface area contributed by atoms with Crippen LogP contribution in [0, 0.1) is 6.92 Å². The highest BCUT2D eigenvalue weighted by atomic mass is 16.3. The van der Waals surface area contributed by atoms with Gasteiger partial charge in [-0.2, -0.15) is 9.97 Å². The van der Waals surface area contributed by atoms with Crippen molar-refractivity contribution >= 4 is 66.3 Å². The maximum atomic E-state index is 6.40. The van der Waals surface area contributed by atoms with Gasteiger partial charge in [-0.05, 0) is 85.6 Å². The van der Waals surface area contributed by atoms with E-state index in [-0.39, 0.29) is 5.92 Å². The number of allylic oxidation sites excluding steroid dienone is 4. The van der Waals surface area contributed by atoms with E-state index in [4.69, 9.17) is 23.8 Å². The maximum absolute atomic E-state index is 6.40. The third kappa shape index (κ3) is 5.07. The molecule has 7 heteroatoms. The summed E-state index contributed by atoms with van der Waals surface area (Å²) in [5.74, 6) is 2.80. The van der Waals surface area contributed by atoms with Crippen LogP contribution in [0.4, 0.5) is 11.6 Å². The number of hydrogen-bond donors (Lipinski definition) is 0. The molecule has 2 aliphatic rings. The first-order valence-electron chi connectivity index (χ1n) is 20.7. The van der Waals surface area contributed by atoms with E-state index in [2.05, 4.69) is 138 Å². The van der Waals surface area contributed by atoms with Crippen LogP contribution >= 0.6 is 0 Å². The average Bonchev–Trinajstić information content (AvgIpc) is 4.07. The van der Waals surface area contributed by atoms with E-state index >= 15 is 0 Å². The van der Waals surface area contributed by atoms with Crippen molar-refractivity contribution in [1.82, 2.24) is 19.5 Å². The molecule has 0 fully saturated rings. The molecule has 4 aromatic heterocycles. The van der Waals surface area contributed by atoms with E-state index < -0.39 is 0 Å². The average molecular weight is 786 g/mol. The highest BCUT2D eigenvalue weighted by Gasteiger charge is 2.39. The minimum absolute atomic E-state index is 0.128. The van der Waals surface area contributed by atoms with Gasteiger partial charge in [0, 0.05) is 66.5 Å². The van der Waals surface area contributed by atoms with Crippen LogP contribution in [0.1, 0.15) is 23.5 Å². The Morgan fingerprint density at radius 3 is 2.07 bits per heavy atom. The first-order valence-corrected chi connectivity index (χ1v) is 20.7. The first kappa shape index (κ1) is 33.9. The van der Waals surface area contributed by atoms with Gasteiger partial charge in [0.2, 0.25) is 5.95 Å². The Labute approximate surface area is 350 Å². The zero-order valence-electron chi connectivity index (χ0n) is 33.1. The van der Waals surface area contributed by atoms with Crippen LogP contribution in [0.25, 0.3) is 94.5 Å². The molecule has 7 aromatic carbocycles. The van der Waals surface area contributed by atoms with Crippen molar-refractivity contribution in [2.75, 3.05) is 4.90 Å². The fourth-order valence-corrected chi connectivity index (χ4v) is 9.71. The molecular weight excluding hydrogens is 751 g/mol. The summed E-state index contributed by atoms with van der Waals surface area (Å²) in [5, 5.41) is 5.57. The van der Waals surface area contributed by atoms with Gasteiger partial charge in [0.1, 0.15) is 22.5 Å². The largest absolute Gasteiger partial charge is 0.456 e. The van der Waals surface area contributed by atoms with Crippen LogP contribution in [0.2, 0.25) is 0 Å². The number of aryl methyl sites for hydroxylation is 1. The Balaban J connectivity index is 1.05. The van der Waals surface area contributed by atoms with Gasteiger partial charge in [0.25, 0.3) is 0 Å². The van der Waals surface area contributed by atoms with Gasteiger partial charge >= 0.3 is 0 Å². The second-order valence-electron chi connectivity index (χ2n) is 16.0. The van der Waals surface area contributed by atoms with Crippen molar-refractivity contribution in [2.45, 2.75) is 19.3 Å². The standard InChI is InChI=1S/C54H35N5O2/c1-32-37-15-7-11-21-46(37)61-51(32)33-23-26-36(27-24-33)58-44-19-9-5-16-38(44)41-28-29-42-39-17-6-10-20-45(39)59(50(42)49(41)58)54-56-52(34-13-3-2-4-14-34)55-53(57-54)35-25-30-48-43(31-35)40-18-8-12-22-47(40)60-48/h2-16,18-31,39H,17H2,1H3. The predicted molar refractivity (Wildman–Crippen MR) is 245 cm³/mol. The van der Waals surface area contributed by atoms with Crippen LogP contribution in [-0.2, 0) is 0 Å². The van der Waals surface area contributed by atoms with E-state index in [1.807, 2.05) is 54.6 Å². The summed E-state index contributed by atoms with van der Waals surface area (Å²) in [6, 6.07) is 54.9. The summed E-state index contributed by atoms with van der Waals surface area (Å²) < 4.78 is 15.0.